The van der Waals surface area contributed by atoms with Gasteiger partial charge in [-0.2, -0.15) is 0 Å². The first-order valence-corrected chi connectivity index (χ1v) is 9.78. The molecule has 0 atom stereocenters. The normalized spacial score (nSPS) is 10.9. The molecule has 0 radical (unpaired) electrons. The maximum atomic E-state index is 11.5. The van der Waals surface area contributed by atoms with Crippen LogP contribution >= 0.6 is 0 Å². The largest absolute Gasteiger partial charge is 0.464 e. The first-order valence-electron chi connectivity index (χ1n) is 9.78. The molecule has 0 aromatic heterocycles. The molecule has 0 aliphatic heterocycles. The molecule has 0 fully saturated rings. The number of unbranched alkanes of at least 4 members (excludes halogenated alkanes) is 11. The molecule has 0 aromatic rings. The van der Waals surface area contributed by atoms with Gasteiger partial charge >= 0.3 is 5.97 Å². The lowest BCUT2D eigenvalue weighted by Crippen LogP contribution is -2.24. The zero-order valence-electron chi connectivity index (χ0n) is 15.3. The van der Waals surface area contributed by atoms with Gasteiger partial charge in [0.25, 0.3) is 0 Å². The summed E-state index contributed by atoms with van der Waals surface area (Å²) in [5, 5.41) is 11.6. The molecule has 0 saturated carbocycles. The minimum Gasteiger partial charge on any atom is -0.464 e. The second kappa shape index (κ2) is 19.4. The Labute approximate surface area is 143 Å². The Balaban J connectivity index is 3.10. The highest BCUT2D eigenvalue weighted by Gasteiger charge is 2.02. The summed E-state index contributed by atoms with van der Waals surface area (Å²) in [5.74, 6) is -0.0946. The summed E-state index contributed by atoms with van der Waals surface area (Å²) in [7, 11) is 0. The van der Waals surface area contributed by atoms with E-state index in [4.69, 9.17) is 9.84 Å². The first-order chi connectivity index (χ1) is 11.3. The summed E-state index contributed by atoms with van der Waals surface area (Å²) in [5.41, 5.74) is 0. The number of esters is 1. The van der Waals surface area contributed by atoms with Crippen LogP contribution < -0.4 is 5.32 Å². The van der Waals surface area contributed by atoms with Crippen molar-refractivity contribution in [1.29, 1.82) is 0 Å². The predicted molar refractivity (Wildman–Crippen MR) is 96.6 cm³/mol. The maximum Gasteiger partial charge on any atom is 0.305 e. The lowest BCUT2D eigenvalue weighted by Gasteiger charge is -2.05. The monoisotopic (exact) mass is 329 g/mol. The van der Waals surface area contributed by atoms with Gasteiger partial charge < -0.3 is 15.2 Å². The highest BCUT2D eigenvalue weighted by atomic mass is 16.5. The number of hydrogen-bond donors (Lipinski definition) is 2. The van der Waals surface area contributed by atoms with Crippen molar-refractivity contribution in [2.75, 3.05) is 26.3 Å². The van der Waals surface area contributed by atoms with Crippen molar-refractivity contribution >= 4 is 5.97 Å². The number of aliphatic hydroxyl groups excluding tert-OH is 1. The van der Waals surface area contributed by atoms with Crippen molar-refractivity contribution in [3.8, 4) is 0 Å². The molecule has 2 N–H and O–H groups in total. The van der Waals surface area contributed by atoms with Crippen LogP contribution in [-0.4, -0.2) is 37.4 Å². The Morgan fingerprint density at radius 2 is 1.35 bits per heavy atom. The molecule has 4 heteroatoms. The topological polar surface area (TPSA) is 58.6 Å². The Hall–Kier alpha value is -0.610. The van der Waals surface area contributed by atoms with E-state index in [0.29, 0.717) is 26.1 Å². The molecule has 0 bridgehead atoms. The van der Waals surface area contributed by atoms with Crippen LogP contribution in [0.2, 0.25) is 0 Å². The van der Waals surface area contributed by atoms with Crippen LogP contribution in [0.3, 0.4) is 0 Å². The van der Waals surface area contributed by atoms with E-state index in [9.17, 15) is 4.79 Å². The molecule has 0 saturated heterocycles. The quantitative estimate of drug-likeness (QED) is 0.292. The van der Waals surface area contributed by atoms with Gasteiger partial charge in [0.1, 0.15) is 6.61 Å². The van der Waals surface area contributed by atoms with Crippen molar-refractivity contribution in [2.45, 2.75) is 90.4 Å². The fourth-order valence-corrected chi connectivity index (χ4v) is 2.62. The standard InChI is InChI=1S/C19H39NO3/c1-2-3-4-5-6-7-8-9-10-11-12-13-14-19(22)23-18-16-20-15-17-21/h20-21H,2-18H2,1H3. The Bertz CT molecular complexity index is 247. The van der Waals surface area contributed by atoms with Crippen LogP contribution in [-0.2, 0) is 9.53 Å². The molecule has 23 heavy (non-hydrogen) atoms. The Morgan fingerprint density at radius 1 is 0.826 bits per heavy atom. The fourth-order valence-electron chi connectivity index (χ4n) is 2.62. The van der Waals surface area contributed by atoms with Crippen molar-refractivity contribution in [2.24, 2.45) is 0 Å². The van der Waals surface area contributed by atoms with E-state index in [1.54, 1.807) is 0 Å². The van der Waals surface area contributed by atoms with Crippen LogP contribution in [0, 0.1) is 0 Å². The summed E-state index contributed by atoms with van der Waals surface area (Å²) in [6, 6.07) is 0. The molecule has 0 aromatic carbocycles. The van der Waals surface area contributed by atoms with Gasteiger partial charge in [0.15, 0.2) is 0 Å². The van der Waals surface area contributed by atoms with E-state index < -0.39 is 0 Å². The van der Waals surface area contributed by atoms with Crippen molar-refractivity contribution in [3.63, 3.8) is 0 Å². The molecule has 0 aliphatic rings. The number of nitrogens with one attached hydrogen (secondary N) is 1. The van der Waals surface area contributed by atoms with Crippen molar-refractivity contribution < 1.29 is 14.6 Å². The average Bonchev–Trinajstić information content (AvgIpc) is 2.55. The molecule has 138 valence electrons. The zero-order valence-corrected chi connectivity index (χ0v) is 15.3. The van der Waals surface area contributed by atoms with Crippen molar-refractivity contribution in [3.05, 3.63) is 0 Å². The molecule has 0 heterocycles. The molecule has 0 rings (SSSR count). The van der Waals surface area contributed by atoms with Crippen LogP contribution in [0.25, 0.3) is 0 Å². The van der Waals surface area contributed by atoms with Gasteiger partial charge in [0.2, 0.25) is 0 Å². The fraction of sp³-hybridized carbons (Fsp3) is 0.947. The van der Waals surface area contributed by atoms with E-state index in [0.717, 1.165) is 12.8 Å². The van der Waals surface area contributed by atoms with Gasteiger partial charge in [-0.25, -0.2) is 0 Å². The molecular weight excluding hydrogens is 290 g/mol. The molecule has 4 nitrogen and oxygen atoms in total. The second-order valence-electron chi connectivity index (χ2n) is 6.33. The number of carbonyl (C=O) groups is 1. The third-order valence-electron chi connectivity index (χ3n) is 4.06. The predicted octanol–water partition coefficient (Wildman–Crippen LogP) is 4.20. The summed E-state index contributed by atoms with van der Waals surface area (Å²) < 4.78 is 5.11. The zero-order chi connectivity index (χ0) is 17.0. The van der Waals surface area contributed by atoms with Gasteiger partial charge in [0.05, 0.1) is 6.61 Å². The molecule has 0 aliphatic carbocycles. The first kappa shape index (κ1) is 22.4. The van der Waals surface area contributed by atoms with Gasteiger partial charge in [-0.15, -0.1) is 0 Å². The lowest BCUT2D eigenvalue weighted by atomic mass is 10.0. The number of ether oxygens (including phenoxy) is 1. The van der Waals surface area contributed by atoms with E-state index in [2.05, 4.69) is 12.2 Å². The van der Waals surface area contributed by atoms with Gasteiger partial charge in [-0.3, -0.25) is 4.79 Å². The minimum atomic E-state index is -0.0946. The summed E-state index contributed by atoms with van der Waals surface area (Å²) in [4.78, 5) is 11.5. The summed E-state index contributed by atoms with van der Waals surface area (Å²) >= 11 is 0. The molecular formula is C19H39NO3. The molecule has 0 unspecified atom stereocenters. The van der Waals surface area contributed by atoms with Crippen LogP contribution in [0.4, 0.5) is 0 Å². The SMILES string of the molecule is CCCCCCCCCCCCCCC(=O)OCCNCCO. The van der Waals surface area contributed by atoms with E-state index >= 15 is 0 Å². The van der Waals surface area contributed by atoms with Crippen molar-refractivity contribution in [1.82, 2.24) is 5.32 Å². The Morgan fingerprint density at radius 3 is 1.87 bits per heavy atom. The van der Waals surface area contributed by atoms with E-state index in [1.807, 2.05) is 0 Å². The molecule has 0 amide bonds. The Kier molecular flexibility index (Phi) is 18.9. The number of rotatable bonds is 18. The van der Waals surface area contributed by atoms with Gasteiger partial charge in [-0.05, 0) is 6.42 Å². The summed E-state index contributed by atoms with van der Waals surface area (Å²) in [6.07, 6.45) is 16.2. The van der Waals surface area contributed by atoms with Crippen LogP contribution in [0.5, 0.6) is 0 Å². The van der Waals surface area contributed by atoms with E-state index in [1.165, 1.54) is 64.2 Å². The van der Waals surface area contributed by atoms with Gasteiger partial charge in [-0.1, -0.05) is 77.6 Å². The number of aliphatic hydroxyl groups is 1. The summed E-state index contributed by atoms with van der Waals surface area (Å²) in [6.45, 7) is 3.95. The highest BCUT2D eigenvalue weighted by Crippen LogP contribution is 2.12. The highest BCUT2D eigenvalue weighted by molar-refractivity contribution is 5.69. The van der Waals surface area contributed by atoms with Crippen LogP contribution in [0.1, 0.15) is 90.4 Å². The third kappa shape index (κ3) is 19.3. The van der Waals surface area contributed by atoms with E-state index in [-0.39, 0.29) is 12.6 Å². The number of hydrogen-bond acceptors (Lipinski definition) is 4. The number of carbonyl (C=O) groups excluding carboxylic acids is 1. The smallest absolute Gasteiger partial charge is 0.305 e. The minimum absolute atomic E-state index is 0.0946. The third-order valence-corrected chi connectivity index (χ3v) is 4.06. The maximum absolute atomic E-state index is 11.5. The van der Waals surface area contributed by atoms with Crippen LogP contribution in [0.15, 0.2) is 0 Å². The lowest BCUT2D eigenvalue weighted by molar-refractivity contribution is -0.143. The second-order valence-corrected chi connectivity index (χ2v) is 6.33. The molecule has 0 spiro atoms. The average molecular weight is 330 g/mol. The van der Waals surface area contributed by atoms with Gasteiger partial charge in [0, 0.05) is 19.5 Å².